The first-order valence-electron chi connectivity index (χ1n) is 11.9. The number of H-pyrrole nitrogens is 1. The van der Waals surface area contributed by atoms with Crippen LogP contribution in [-0.2, 0) is 0 Å². The summed E-state index contributed by atoms with van der Waals surface area (Å²) in [6, 6.07) is 18.3. The molecule has 0 saturated carbocycles. The van der Waals surface area contributed by atoms with Crippen molar-refractivity contribution in [3.8, 4) is 5.75 Å². The van der Waals surface area contributed by atoms with Gasteiger partial charge in [-0.25, -0.2) is 0 Å². The first kappa shape index (κ1) is 21.9. The molecule has 0 bridgehead atoms. The predicted octanol–water partition coefficient (Wildman–Crippen LogP) is 7.24. The summed E-state index contributed by atoms with van der Waals surface area (Å²) in [5, 5.41) is 5.68. The molecule has 0 radical (unpaired) electrons. The van der Waals surface area contributed by atoms with E-state index in [0.717, 1.165) is 49.1 Å². The van der Waals surface area contributed by atoms with E-state index in [0.29, 0.717) is 11.1 Å². The molecule has 4 aromatic carbocycles. The minimum absolute atomic E-state index is 0.0812. The van der Waals surface area contributed by atoms with E-state index >= 15 is 0 Å². The van der Waals surface area contributed by atoms with Crippen molar-refractivity contribution in [3.05, 3.63) is 65.7 Å². The van der Waals surface area contributed by atoms with Crippen molar-refractivity contribution >= 4 is 63.5 Å². The number of hydrogen-bond donors (Lipinski definition) is 1. The molecule has 0 spiro atoms. The third-order valence-corrected chi connectivity index (χ3v) is 12.3. The Morgan fingerprint density at radius 2 is 1.46 bits per heavy atom. The molecule has 0 unspecified atom stereocenters. The molecule has 1 aliphatic heterocycles. The number of nitrogens with zero attached hydrogens (tertiary/aromatic N) is 1. The van der Waals surface area contributed by atoms with Gasteiger partial charge in [-0.2, -0.15) is 0 Å². The van der Waals surface area contributed by atoms with E-state index in [2.05, 4.69) is 51.0 Å². The lowest BCUT2D eigenvalue weighted by atomic mass is 9.93. The SMILES string of the molecule is CN1C(=O)c2c(c3c4ccc(O[Si](C)(C)C(C)(C)C)cc4[nH]c3c3cc4ccccc4cc23)C1=O. The molecule has 1 aromatic heterocycles. The summed E-state index contributed by atoms with van der Waals surface area (Å²) in [7, 11) is -0.453. The van der Waals surface area contributed by atoms with Crippen LogP contribution in [0.1, 0.15) is 41.5 Å². The van der Waals surface area contributed by atoms with Crippen LogP contribution >= 0.6 is 0 Å². The third-order valence-electron chi connectivity index (χ3n) is 7.91. The fourth-order valence-corrected chi connectivity index (χ4v) is 5.95. The molecular weight excluding hydrogens is 452 g/mol. The zero-order valence-electron chi connectivity index (χ0n) is 20.9. The van der Waals surface area contributed by atoms with E-state index in [4.69, 9.17) is 4.43 Å². The molecule has 2 heterocycles. The van der Waals surface area contributed by atoms with Crippen molar-refractivity contribution < 1.29 is 14.0 Å². The molecule has 6 heteroatoms. The summed E-state index contributed by atoms with van der Waals surface area (Å²) in [5.74, 6) is 0.313. The standard InChI is InChI=1S/C29H28N2O3Si/c1-29(2,3)35(5,6)34-18-11-12-19-22(15-18)30-26-21-14-17-10-8-7-9-16(17)13-20(21)24-25(23(19)26)28(33)31(4)27(24)32/h7-15,30H,1-6H3. The number of carbonyl (C=O) groups is 2. The van der Waals surface area contributed by atoms with E-state index in [1.807, 2.05) is 42.5 Å². The van der Waals surface area contributed by atoms with Gasteiger partial charge in [0, 0.05) is 29.3 Å². The van der Waals surface area contributed by atoms with Crippen LogP contribution in [0.25, 0.3) is 43.4 Å². The monoisotopic (exact) mass is 480 g/mol. The molecule has 0 fully saturated rings. The Morgan fingerprint density at radius 1 is 0.829 bits per heavy atom. The van der Waals surface area contributed by atoms with Crippen molar-refractivity contribution in [2.75, 3.05) is 7.05 Å². The van der Waals surface area contributed by atoms with Gasteiger partial charge in [0.15, 0.2) is 0 Å². The molecule has 2 amide bonds. The van der Waals surface area contributed by atoms with Crippen molar-refractivity contribution in [2.24, 2.45) is 0 Å². The molecule has 1 aliphatic rings. The van der Waals surface area contributed by atoms with Gasteiger partial charge in [0.25, 0.3) is 11.8 Å². The maximum atomic E-state index is 13.3. The highest BCUT2D eigenvalue weighted by Crippen LogP contribution is 2.43. The fourth-order valence-electron chi connectivity index (χ4n) is 4.93. The fraction of sp³-hybridized carbons (Fsp3) is 0.241. The first-order valence-corrected chi connectivity index (χ1v) is 14.8. The minimum Gasteiger partial charge on any atom is -0.543 e. The lowest BCUT2D eigenvalue weighted by molar-refractivity contribution is 0.0694. The van der Waals surface area contributed by atoms with Crippen molar-refractivity contribution in [3.63, 3.8) is 0 Å². The zero-order chi connectivity index (χ0) is 24.9. The normalized spacial score (nSPS) is 14.6. The van der Waals surface area contributed by atoms with Gasteiger partial charge < -0.3 is 9.41 Å². The van der Waals surface area contributed by atoms with Gasteiger partial charge in [-0.15, -0.1) is 0 Å². The number of carbonyl (C=O) groups excluding carboxylic acids is 2. The summed E-state index contributed by atoms with van der Waals surface area (Å²) in [4.78, 5) is 31.4. The zero-order valence-corrected chi connectivity index (χ0v) is 21.9. The Bertz CT molecular complexity index is 1740. The van der Waals surface area contributed by atoms with Crippen molar-refractivity contribution in [2.45, 2.75) is 38.9 Å². The van der Waals surface area contributed by atoms with Gasteiger partial charge in [0.05, 0.1) is 22.2 Å². The first-order chi connectivity index (χ1) is 16.5. The number of aromatic nitrogens is 1. The Hall–Kier alpha value is -3.64. The van der Waals surface area contributed by atoms with Gasteiger partial charge in [0.2, 0.25) is 8.32 Å². The summed E-state index contributed by atoms with van der Waals surface area (Å²) >= 11 is 0. The molecule has 0 aliphatic carbocycles. The van der Waals surface area contributed by atoms with Crippen LogP contribution in [0.3, 0.4) is 0 Å². The smallest absolute Gasteiger partial charge is 0.262 e. The number of rotatable bonds is 2. The number of amides is 2. The van der Waals surface area contributed by atoms with E-state index in [-0.39, 0.29) is 16.9 Å². The summed E-state index contributed by atoms with van der Waals surface area (Å²) in [6.45, 7) is 11.1. The minimum atomic E-state index is -2.01. The maximum absolute atomic E-state index is 13.3. The maximum Gasteiger partial charge on any atom is 0.262 e. The number of nitrogens with one attached hydrogen (secondary N) is 1. The number of benzene rings is 4. The topological polar surface area (TPSA) is 62.4 Å². The predicted molar refractivity (Wildman–Crippen MR) is 145 cm³/mol. The van der Waals surface area contributed by atoms with E-state index in [1.165, 1.54) is 4.90 Å². The Labute approximate surface area is 204 Å². The Balaban J connectivity index is 1.70. The summed E-state index contributed by atoms with van der Waals surface area (Å²) in [5.41, 5.74) is 2.75. The largest absolute Gasteiger partial charge is 0.543 e. The van der Waals surface area contributed by atoms with Crippen LogP contribution in [0.2, 0.25) is 18.1 Å². The molecule has 35 heavy (non-hydrogen) atoms. The number of imide groups is 1. The molecule has 176 valence electrons. The molecule has 6 rings (SSSR count). The average Bonchev–Trinajstić information content (AvgIpc) is 3.27. The summed E-state index contributed by atoms with van der Waals surface area (Å²) < 4.78 is 6.55. The molecule has 1 N–H and O–H groups in total. The van der Waals surface area contributed by atoms with Crippen LogP contribution in [-0.4, -0.2) is 37.1 Å². The van der Waals surface area contributed by atoms with Gasteiger partial charge in [-0.05, 0) is 58.6 Å². The van der Waals surface area contributed by atoms with Crippen LogP contribution in [0, 0.1) is 0 Å². The van der Waals surface area contributed by atoms with Gasteiger partial charge in [-0.1, -0.05) is 45.0 Å². The van der Waals surface area contributed by atoms with Crippen LogP contribution < -0.4 is 4.43 Å². The van der Waals surface area contributed by atoms with E-state index in [9.17, 15) is 9.59 Å². The van der Waals surface area contributed by atoms with Crippen molar-refractivity contribution in [1.82, 2.24) is 9.88 Å². The molecule has 5 nitrogen and oxygen atoms in total. The van der Waals surface area contributed by atoms with Gasteiger partial charge in [0.1, 0.15) is 5.75 Å². The second-order valence-corrected chi connectivity index (χ2v) is 15.8. The van der Waals surface area contributed by atoms with E-state index in [1.54, 1.807) is 7.05 Å². The highest BCUT2D eigenvalue weighted by atomic mass is 28.4. The van der Waals surface area contributed by atoms with Crippen LogP contribution in [0.15, 0.2) is 54.6 Å². The second kappa shape index (κ2) is 6.95. The molecular formula is C29H28N2O3Si. The number of hydrogen-bond acceptors (Lipinski definition) is 3. The number of aromatic amines is 1. The van der Waals surface area contributed by atoms with Gasteiger partial charge in [-0.3, -0.25) is 14.5 Å². The second-order valence-electron chi connectivity index (χ2n) is 11.1. The quantitative estimate of drug-likeness (QED) is 0.165. The Kier molecular flexibility index (Phi) is 4.34. The van der Waals surface area contributed by atoms with E-state index < -0.39 is 8.32 Å². The lowest BCUT2D eigenvalue weighted by Crippen LogP contribution is -2.43. The lowest BCUT2D eigenvalue weighted by Gasteiger charge is -2.36. The highest BCUT2D eigenvalue weighted by molar-refractivity contribution is 6.74. The molecule has 0 saturated heterocycles. The van der Waals surface area contributed by atoms with Gasteiger partial charge >= 0.3 is 0 Å². The van der Waals surface area contributed by atoms with Crippen LogP contribution in [0.4, 0.5) is 0 Å². The summed E-state index contributed by atoms with van der Waals surface area (Å²) in [6.07, 6.45) is 0. The molecule has 0 atom stereocenters. The van der Waals surface area contributed by atoms with Crippen molar-refractivity contribution in [1.29, 1.82) is 0 Å². The molecule has 5 aromatic rings. The average molecular weight is 481 g/mol. The van der Waals surface area contributed by atoms with Crippen LogP contribution in [0.5, 0.6) is 5.75 Å². The third kappa shape index (κ3) is 2.99. The Morgan fingerprint density at radius 3 is 2.11 bits per heavy atom. The highest BCUT2D eigenvalue weighted by Gasteiger charge is 2.40. The number of fused-ring (bicyclic) bond motifs is 9.